The van der Waals surface area contributed by atoms with Crippen molar-refractivity contribution in [3.63, 3.8) is 0 Å². The summed E-state index contributed by atoms with van der Waals surface area (Å²) in [4.78, 5) is 38.0. The van der Waals surface area contributed by atoms with Crippen LogP contribution in [0.4, 0.5) is 5.69 Å². The Hall–Kier alpha value is -3.19. The Bertz CT molecular complexity index is 944. The molecule has 3 rings (SSSR count). The molecule has 1 unspecified atom stereocenters. The summed E-state index contributed by atoms with van der Waals surface area (Å²) >= 11 is 0. The van der Waals surface area contributed by atoms with Crippen molar-refractivity contribution in [1.82, 2.24) is 10.7 Å². The first kappa shape index (κ1) is 21.5. The average Bonchev–Trinajstić information content (AvgIpc) is 2.84. The van der Waals surface area contributed by atoms with E-state index in [0.29, 0.717) is 18.9 Å². The van der Waals surface area contributed by atoms with Crippen molar-refractivity contribution in [2.24, 2.45) is 0 Å². The van der Waals surface area contributed by atoms with Gasteiger partial charge >= 0.3 is 0 Å². The van der Waals surface area contributed by atoms with Crippen LogP contribution in [0.25, 0.3) is 11.1 Å². The second kappa shape index (κ2) is 9.54. The fourth-order valence-electron chi connectivity index (χ4n) is 3.47. The fraction of sp³-hybridized carbons (Fsp3) is 0.348. The lowest BCUT2D eigenvalue weighted by molar-refractivity contribution is -0.130. The number of carbonyl (C=O) groups is 3. The summed E-state index contributed by atoms with van der Waals surface area (Å²) in [5.74, 6) is -1.43. The van der Waals surface area contributed by atoms with E-state index in [-0.39, 0.29) is 18.2 Å². The minimum absolute atomic E-state index is 0.170. The smallest absolute Gasteiger partial charge is 0.261 e. The van der Waals surface area contributed by atoms with E-state index in [0.717, 1.165) is 16.7 Å². The van der Waals surface area contributed by atoms with Crippen LogP contribution >= 0.6 is 0 Å². The van der Waals surface area contributed by atoms with Gasteiger partial charge in [-0.25, -0.2) is 5.01 Å². The van der Waals surface area contributed by atoms with E-state index < -0.39 is 17.9 Å². The number of para-hydroxylation sites is 1. The van der Waals surface area contributed by atoms with Gasteiger partial charge < -0.3 is 10.1 Å². The first-order valence-electron chi connectivity index (χ1n) is 10.1. The minimum atomic E-state index is -0.806. The Balaban J connectivity index is 1.81. The SMILES string of the molecule is CCOCCC(=O)N[C@@H](C)C(=O)NN1C(=O)C(C)c2ccccc2-c2ccccc21. The molecule has 7 nitrogen and oxygen atoms in total. The quantitative estimate of drug-likeness (QED) is 0.689. The van der Waals surface area contributed by atoms with Crippen molar-refractivity contribution in [3.05, 3.63) is 54.1 Å². The highest BCUT2D eigenvalue weighted by Gasteiger charge is 2.33. The van der Waals surface area contributed by atoms with Gasteiger partial charge in [-0.05, 0) is 38.0 Å². The van der Waals surface area contributed by atoms with Gasteiger partial charge in [0.15, 0.2) is 0 Å². The van der Waals surface area contributed by atoms with Crippen molar-refractivity contribution >= 4 is 23.4 Å². The second-order valence-corrected chi connectivity index (χ2v) is 7.21. The van der Waals surface area contributed by atoms with Crippen LogP contribution in [-0.2, 0) is 19.1 Å². The number of rotatable bonds is 7. The number of hydrogen-bond acceptors (Lipinski definition) is 4. The highest BCUT2D eigenvalue weighted by molar-refractivity contribution is 6.06. The van der Waals surface area contributed by atoms with Crippen LogP contribution in [-0.4, -0.2) is 37.0 Å². The van der Waals surface area contributed by atoms with Crippen molar-refractivity contribution in [2.45, 2.75) is 39.2 Å². The van der Waals surface area contributed by atoms with Gasteiger partial charge in [0.25, 0.3) is 11.8 Å². The van der Waals surface area contributed by atoms with Crippen LogP contribution in [0, 0.1) is 0 Å². The van der Waals surface area contributed by atoms with Crippen molar-refractivity contribution < 1.29 is 19.1 Å². The van der Waals surface area contributed by atoms with E-state index in [1.807, 2.05) is 56.3 Å². The van der Waals surface area contributed by atoms with Crippen LogP contribution < -0.4 is 15.8 Å². The third kappa shape index (κ3) is 4.52. The van der Waals surface area contributed by atoms with Gasteiger partial charge in [0.1, 0.15) is 6.04 Å². The molecule has 1 aliphatic heterocycles. The van der Waals surface area contributed by atoms with Gasteiger partial charge in [-0.1, -0.05) is 42.5 Å². The number of nitrogens with zero attached hydrogens (tertiary/aromatic N) is 1. The highest BCUT2D eigenvalue weighted by atomic mass is 16.5. The summed E-state index contributed by atoms with van der Waals surface area (Å²) in [5, 5.41) is 3.94. The second-order valence-electron chi connectivity index (χ2n) is 7.21. The number of anilines is 1. The molecule has 0 spiro atoms. The Morgan fingerprint density at radius 3 is 2.50 bits per heavy atom. The number of ether oxygens (including phenoxy) is 1. The summed E-state index contributed by atoms with van der Waals surface area (Å²) in [6, 6.07) is 14.4. The lowest BCUT2D eigenvalue weighted by Crippen LogP contribution is -2.54. The van der Waals surface area contributed by atoms with Gasteiger partial charge in [0.2, 0.25) is 5.91 Å². The predicted octanol–water partition coefficient (Wildman–Crippen LogP) is 2.77. The molecule has 0 saturated heterocycles. The predicted molar refractivity (Wildman–Crippen MR) is 115 cm³/mol. The zero-order chi connectivity index (χ0) is 21.7. The molecular formula is C23H27N3O4. The monoisotopic (exact) mass is 409 g/mol. The Kier molecular flexibility index (Phi) is 6.84. The number of hydrazine groups is 1. The van der Waals surface area contributed by atoms with Crippen LogP contribution in [0.3, 0.4) is 0 Å². The molecule has 7 heteroatoms. The maximum absolute atomic E-state index is 13.2. The van der Waals surface area contributed by atoms with Crippen molar-refractivity contribution in [1.29, 1.82) is 0 Å². The van der Waals surface area contributed by atoms with Crippen molar-refractivity contribution in [3.8, 4) is 11.1 Å². The summed E-state index contributed by atoms with van der Waals surface area (Å²) in [7, 11) is 0. The summed E-state index contributed by atoms with van der Waals surface area (Å²) in [6.45, 7) is 6.08. The maximum atomic E-state index is 13.2. The topological polar surface area (TPSA) is 87.7 Å². The van der Waals surface area contributed by atoms with Crippen molar-refractivity contribution in [2.75, 3.05) is 18.2 Å². The molecule has 0 saturated carbocycles. The van der Waals surface area contributed by atoms with Crippen LogP contribution in [0.5, 0.6) is 0 Å². The van der Waals surface area contributed by atoms with Gasteiger partial charge in [0, 0.05) is 18.6 Å². The molecule has 1 aliphatic rings. The van der Waals surface area contributed by atoms with Crippen LogP contribution in [0.15, 0.2) is 48.5 Å². The lowest BCUT2D eigenvalue weighted by atomic mass is 9.92. The Morgan fingerprint density at radius 2 is 1.77 bits per heavy atom. The number of carbonyl (C=O) groups excluding carboxylic acids is 3. The number of hydrogen-bond donors (Lipinski definition) is 2. The van der Waals surface area contributed by atoms with Gasteiger partial charge in [0.05, 0.1) is 18.2 Å². The number of benzene rings is 2. The Labute approximate surface area is 176 Å². The maximum Gasteiger partial charge on any atom is 0.261 e. The van der Waals surface area contributed by atoms with E-state index >= 15 is 0 Å². The molecule has 2 aromatic carbocycles. The molecule has 2 aromatic rings. The molecule has 0 aliphatic carbocycles. The minimum Gasteiger partial charge on any atom is -0.381 e. The van der Waals surface area contributed by atoms with E-state index in [1.165, 1.54) is 5.01 Å². The standard InChI is InChI=1S/C23H27N3O4/c1-4-30-14-13-21(27)24-16(3)22(28)25-26-20-12-8-7-11-19(20)18-10-6-5-9-17(18)15(2)23(26)29/h5-12,15-16H,4,13-14H2,1-3H3,(H,24,27)(H,25,28)/t15?,16-/m0/s1. The van der Waals surface area contributed by atoms with Gasteiger partial charge in [-0.15, -0.1) is 0 Å². The molecular weight excluding hydrogens is 382 g/mol. The lowest BCUT2D eigenvalue weighted by Gasteiger charge is -2.27. The summed E-state index contributed by atoms with van der Waals surface area (Å²) < 4.78 is 5.16. The van der Waals surface area contributed by atoms with E-state index in [2.05, 4.69) is 10.7 Å². The molecule has 2 N–H and O–H groups in total. The Morgan fingerprint density at radius 1 is 1.10 bits per heavy atom. The molecule has 0 fully saturated rings. The zero-order valence-electron chi connectivity index (χ0n) is 17.5. The molecule has 0 aromatic heterocycles. The van der Waals surface area contributed by atoms with Gasteiger partial charge in [-0.2, -0.15) is 0 Å². The summed E-state index contributed by atoms with van der Waals surface area (Å²) in [5.41, 5.74) is 6.03. The van der Waals surface area contributed by atoms with Gasteiger partial charge in [-0.3, -0.25) is 19.8 Å². The average molecular weight is 409 g/mol. The zero-order valence-corrected chi connectivity index (χ0v) is 17.5. The molecule has 30 heavy (non-hydrogen) atoms. The number of nitrogens with one attached hydrogen (secondary N) is 2. The molecule has 3 amide bonds. The first-order chi connectivity index (χ1) is 14.4. The molecule has 1 heterocycles. The third-order valence-corrected chi connectivity index (χ3v) is 5.12. The summed E-state index contributed by atoms with van der Waals surface area (Å²) in [6.07, 6.45) is 0.170. The third-order valence-electron chi connectivity index (χ3n) is 5.12. The van der Waals surface area contributed by atoms with Crippen LogP contribution in [0.2, 0.25) is 0 Å². The normalized spacial score (nSPS) is 16.2. The first-order valence-corrected chi connectivity index (χ1v) is 10.1. The van der Waals surface area contributed by atoms with E-state index in [9.17, 15) is 14.4 Å². The van der Waals surface area contributed by atoms with E-state index in [4.69, 9.17) is 4.74 Å². The molecule has 2 atom stereocenters. The fourth-order valence-corrected chi connectivity index (χ4v) is 3.47. The molecule has 0 radical (unpaired) electrons. The van der Waals surface area contributed by atoms with Crippen LogP contribution in [0.1, 0.15) is 38.7 Å². The molecule has 158 valence electrons. The highest BCUT2D eigenvalue weighted by Crippen LogP contribution is 2.39. The largest absolute Gasteiger partial charge is 0.381 e. The number of fused-ring (bicyclic) bond motifs is 3. The molecule has 0 bridgehead atoms. The van der Waals surface area contributed by atoms with E-state index in [1.54, 1.807) is 13.0 Å². The number of amides is 3.